The van der Waals surface area contributed by atoms with E-state index in [2.05, 4.69) is 10.2 Å². The largest absolute Gasteiger partial charge is 0.392 e. The van der Waals surface area contributed by atoms with E-state index < -0.39 is 5.82 Å². The molecule has 0 aliphatic carbocycles. The van der Waals surface area contributed by atoms with E-state index in [1.165, 1.54) is 6.07 Å². The zero-order chi connectivity index (χ0) is 15.2. The summed E-state index contributed by atoms with van der Waals surface area (Å²) in [7, 11) is 0. The average molecular weight is 312 g/mol. The Kier molecular flexibility index (Phi) is 6.02. The van der Waals surface area contributed by atoms with Crippen molar-refractivity contribution in [2.45, 2.75) is 26.1 Å². The predicted molar refractivity (Wildman–Crippen MR) is 82.5 cm³/mol. The second-order valence-electron chi connectivity index (χ2n) is 5.13. The van der Waals surface area contributed by atoms with Crippen LogP contribution in [0.3, 0.4) is 0 Å². The van der Waals surface area contributed by atoms with Gasteiger partial charge in [0.15, 0.2) is 0 Å². The molecule has 4 nitrogen and oxygen atoms in total. The van der Waals surface area contributed by atoms with E-state index in [1.807, 2.05) is 18.7 Å². The van der Waals surface area contributed by atoms with E-state index in [1.54, 1.807) is 12.1 Å². The van der Waals surface area contributed by atoms with Crippen molar-refractivity contribution in [1.29, 1.82) is 0 Å². The number of nitrogens with one attached hydrogen (secondary N) is 1. The van der Waals surface area contributed by atoms with Crippen LogP contribution in [0.1, 0.15) is 18.1 Å². The Morgan fingerprint density at radius 3 is 2.86 bits per heavy atom. The molecule has 1 amide bonds. The summed E-state index contributed by atoms with van der Waals surface area (Å²) >= 11 is 1.91. The molecule has 2 rings (SSSR count). The normalized spacial score (nSPS) is 17.5. The molecule has 0 radical (unpaired) electrons. The SMILES string of the molecule is C[C@@H](C(=O)NCc1ccc(F)c(CO)c1)N1CCSCC1. The summed E-state index contributed by atoms with van der Waals surface area (Å²) in [5.74, 6) is 1.69. The Balaban J connectivity index is 1.88. The lowest BCUT2D eigenvalue weighted by molar-refractivity contribution is -0.125. The number of amides is 1. The predicted octanol–water partition coefficient (Wildman–Crippen LogP) is 1.37. The van der Waals surface area contributed by atoms with Crippen LogP contribution >= 0.6 is 11.8 Å². The maximum atomic E-state index is 13.3. The van der Waals surface area contributed by atoms with E-state index >= 15 is 0 Å². The molecule has 0 aromatic heterocycles. The van der Waals surface area contributed by atoms with Gasteiger partial charge in [-0.1, -0.05) is 6.07 Å². The Morgan fingerprint density at radius 1 is 1.48 bits per heavy atom. The number of nitrogens with zero attached hydrogens (tertiary/aromatic N) is 1. The van der Waals surface area contributed by atoms with Crippen LogP contribution in [0.15, 0.2) is 18.2 Å². The molecule has 0 saturated carbocycles. The van der Waals surface area contributed by atoms with Gasteiger partial charge in [0.05, 0.1) is 12.6 Å². The third-order valence-electron chi connectivity index (χ3n) is 3.72. The fraction of sp³-hybridized carbons (Fsp3) is 0.533. The maximum absolute atomic E-state index is 13.3. The monoisotopic (exact) mass is 312 g/mol. The van der Waals surface area contributed by atoms with Crippen molar-refractivity contribution in [3.63, 3.8) is 0 Å². The summed E-state index contributed by atoms with van der Waals surface area (Å²) in [5, 5.41) is 11.9. The Hall–Kier alpha value is -1.11. The van der Waals surface area contributed by atoms with Crippen LogP contribution in [0.4, 0.5) is 4.39 Å². The minimum Gasteiger partial charge on any atom is -0.392 e. The lowest BCUT2D eigenvalue weighted by Gasteiger charge is -2.31. The molecule has 2 N–H and O–H groups in total. The second kappa shape index (κ2) is 7.77. The van der Waals surface area contributed by atoms with Crippen LogP contribution in [-0.4, -0.2) is 46.6 Å². The number of halogens is 1. The van der Waals surface area contributed by atoms with E-state index in [4.69, 9.17) is 5.11 Å². The van der Waals surface area contributed by atoms with Gasteiger partial charge in [-0.15, -0.1) is 0 Å². The zero-order valence-electron chi connectivity index (χ0n) is 12.1. The van der Waals surface area contributed by atoms with E-state index in [9.17, 15) is 9.18 Å². The topological polar surface area (TPSA) is 52.6 Å². The summed E-state index contributed by atoms with van der Waals surface area (Å²) < 4.78 is 13.3. The van der Waals surface area contributed by atoms with Crippen LogP contribution in [0.2, 0.25) is 0 Å². The highest BCUT2D eigenvalue weighted by molar-refractivity contribution is 7.99. The number of rotatable bonds is 5. The molecule has 1 heterocycles. The van der Waals surface area contributed by atoms with Gasteiger partial charge in [0.1, 0.15) is 5.82 Å². The van der Waals surface area contributed by atoms with Gasteiger partial charge in [-0.2, -0.15) is 11.8 Å². The first-order valence-corrected chi connectivity index (χ1v) is 8.25. The molecule has 1 aliphatic rings. The van der Waals surface area contributed by atoms with Crippen LogP contribution in [0.5, 0.6) is 0 Å². The third-order valence-corrected chi connectivity index (χ3v) is 4.66. The summed E-state index contributed by atoms with van der Waals surface area (Å²) in [6, 6.07) is 4.37. The molecule has 1 aliphatic heterocycles. The molecule has 1 atom stereocenters. The molecule has 0 unspecified atom stereocenters. The molecule has 1 aromatic rings. The molecular formula is C15H21FN2O2S. The average Bonchev–Trinajstić information content (AvgIpc) is 2.53. The standard InChI is InChI=1S/C15H21FN2O2S/c1-11(18-4-6-21-7-5-18)15(20)17-9-12-2-3-14(16)13(8-12)10-19/h2-3,8,11,19H,4-7,9-10H2,1H3,(H,17,20)/t11-/m0/s1. The van der Waals surface area contributed by atoms with E-state index in [0.717, 1.165) is 30.2 Å². The third kappa shape index (κ3) is 4.43. The van der Waals surface area contributed by atoms with Crippen molar-refractivity contribution in [3.05, 3.63) is 35.1 Å². The molecule has 1 saturated heterocycles. The first-order valence-electron chi connectivity index (χ1n) is 7.09. The molecule has 0 spiro atoms. The van der Waals surface area contributed by atoms with Gasteiger partial charge in [-0.3, -0.25) is 9.69 Å². The second-order valence-corrected chi connectivity index (χ2v) is 6.35. The van der Waals surface area contributed by atoms with Crippen molar-refractivity contribution in [3.8, 4) is 0 Å². The van der Waals surface area contributed by atoms with Gasteiger partial charge in [-0.05, 0) is 24.6 Å². The zero-order valence-corrected chi connectivity index (χ0v) is 13.0. The van der Waals surface area contributed by atoms with Gasteiger partial charge in [0.2, 0.25) is 5.91 Å². The maximum Gasteiger partial charge on any atom is 0.237 e. The van der Waals surface area contributed by atoms with Gasteiger partial charge < -0.3 is 10.4 Å². The van der Waals surface area contributed by atoms with Crippen LogP contribution in [0.25, 0.3) is 0 Å². The van der Waals surface area contributed by atoms with Gasteiger partial charge >= 0.3 is 0 Å². The first kappa shape index (κ1) is 16.3. The van der Waals surface area contributed by atoms with Crippen LogP contribution in [0, 0.1) is 5.82 Å². The van der Waals surface area contributed by atoms with Crippen molar-refractivity contribution in [1.82, 2.24) is 10.2 Å². The molecule has 1 aromatic carbocycles. The number of aliphatic hydroxyl groups is 1. The highest BCUT2D eigenvalue weighted by Crippen LogP contribution is 2.13. The summed E-state index contributed by atoms with van der Waals surface area (Å²) in [4.78, 5) is 14.3. The smallest absolute Gasteiger partial charge is 0.237 e. The Morgan fingerprint density at radius 2 is 2.19 bits per heavy atom. The first-order chi connectivity index (χ1) is 10.1. The van der Waals surface area contributed by atoms with E-state index in [0.29, 0.717) is 6.54 Å². The Labute approximate surface area is 128 Å². The number of hydrogen-bond acceptors (Lipinski definition) is 4. The fourth-order valence-corrected chi connectivity index (χ4v) is 3.26. The highest BCUT2D eigenvalue weighted by atomic mass is 32.2. The van der Waals surface area contributed by atoms with Gasteiger partial charge in [0, 0.05) is 36.7 Å². The van der Waals surface area contributed by atoms with Gasteiger partial charge in [-0.25, -0.2) is 4.39 Å². The van der Waals surface area contributed by atoms with E-state index in [-0.39, 0.29) is 24.1 Å². The molecule has 6 heteroatoms. The molecule has 21 heavy (non-hydrogen) atoms. The van der Waals surface area contributed by atoms with Gasteiger partial charge in [0.25, 0.3) is 0 Å². The molecular weight excluding hydrogens is 291 g/mol. The summed E-state index contributed by atoms with van der Waals surface area (Å²) in [6.45, 7) is 3.79. The van der Waals surface area contributed by atoms with Crippen LogP contribution < -0.4 is 5.32 Å². The fourth-order valence-electron chi connectivity index (χ4n) is 2.33. The lowest BCUT2D eigenvalue weighted by Crippen LogP contribution is -2.48. The number of benzene rings is 1. The van der Waals surface area contributed by atoms with Crippen LogP contribution in [-0.2, 0) is 17.9 Å². The van der Waals surface area contributed by atoms with Crippen molar-refractivity contribution < 1.29 is 14.3 Å². The van der Waals surface area contributed by atoms with Crippen molar-refractivity contribution >= 4 is 17.7 Å². The number of aliphatic hydroxyl groups excluding tert-OH is 1. The molecule has 0 bridgehead atoms. The number of thioether (sulfide) groups is 1. The summed E-state index contributed by atoms with van der Waals surface area (Å²) in [5.41, 5.74) is 1.04. The highest BCUT2D eigenvalue weighted by Gasteiger charge is 2.22. The number of hydrogen-bond donors (Lipinski definition) is 2. The Bertz CT molecular complexity index is 493. The number of carbonyl (C=O) groups excluding carboxylic acids is 1. The van der Waals surface area contributed by atoms with Crippen molar-refractivity contribution in [2.75, 3.05) is 24.6 Å². The summed E-state index contributed by atoms with van der Waals surface area (Å²) in [6.07, 6.45) is 0. The quantitative estimate of drug-likeness (QED) is 0.862. The lowest BCUT2D eigenvalue weighted by atomic mass is 10.1. The minimum atomic E-state index is -0.424. The molecule has 1 fully saturated rings. The molecule has 116 valence electrons. The number of carbonyl (C=O) groups is 1. The minimum absolute atomic E-state index is 0.0169. The van der Waals surface area contributed by atoms with Crippen molar-refractivity contribution in [2.24, 2.45) is 0 Å².